The number of aliphatic hydroxyl groups is 2. The van der Waals surface area contributed by atoms with Gasteiger partial charge in [0, 0.05) is 23.4 Å². The first kappa shape index (κ1) is 12.4. The highest BCUT2D eigenvalue weighted by Crippen LogP contribution is 2.45. The van der Waals surface area contributed by atoms with Gasteiger partial charge in [-0.25, -0.2) is 4.79 Å². The number of rotatable bonds is 3. The molecule has 0 aromatic carbocycles. The van der Waals surface area contributed by atoms with E-state index in [1.54, 1.807) is 0 Å². The van der Waals surface area contributed by atoms with E-state index in [4.69, 9.17) is 0 Å². The second-order valence-corrected chi connectivity index (χ2v) is 5.47. The van der Waals surface area contributed by atoms with Crippen LogP contribution >= 0.6 is 11.8 Å². The smallest absolute Gasteiger partial charge is 0.329 e. The highest BCUT2D eigenvalue weighted by atomic mass is 32.2. The average Bonchev–Trinajstić information content (AvgIpc) is 2.74. The van der Waals surface area contributed by atoms with Crippen molar-refractivity contribution in [1.82, 2.24) is 9.55 Å². The fourth-order valence-electron chi connectivity index (χ4n) is 1.86. The normalized spacial score (nSPS) is 22.8. The molecule has 0 radical (unpaired) electrons. The first-order valence-corrected chi connectivity index (χ1v) is 6.30. The van der Waals surface area contributed by atoms with Gasteiger partial charge in [0.1, 0.15) is 0 Å². The predicted octanol–water partition coefficient (Wildman–Crippen LogP) is -0.857. The van der Waals surface area contributed by atoms with Crippen molar-refractivity contribution in [2.45, 2.75) is 11.8 Å². The van der Waals surface area contributed by atoms with Crippen molar-refractivity contribution in [1.29, 1.82) is 0 Å². The van der Waals surface area contributed by atoms with Crippen molar-refractivity contribution in [3.63, 3.8) is 0 Å². The van der Waals surface area contributed by atoms with Crippen LogP contribution in [-0.2, 0) is 0 Å². The minimum atomic E-state index is -0.537. The molecule has 1 aromatic heterocycles. The Morgan fingerprint density at radius 3 is 2.71 bits per heavy atom. The highest BCUT2D eigenvalue weighted by Gasteiger charge is 2.40. The fourth-order valence-corrected chi connectivity index (χ4v) is 3.51. The number of hydrogen-bond donors (Lipinski definition) is 3. The molecule has 3 N–H and O–H groups in total. The summed E-state index contributed by atoms with van der Waals surface area (Å²) >= 11 is 1.49. The molecule has 1 aliphatic rings. The summed E-state index contributed by atoms with van der Waals surface area (Å²) in [5.41, 5.74) is -1.42. The van der Waals surface area contributed by atoms with Crippen molar-refractivity contribution in [2.75, 3.05) is 19.0 Å². The van der Waals surface area contributed by atoms with Crippen LogP contribution in [0.3, 0.4) is 0 Å². The third-order valence-electron chi connectivity index (χ3n) is 3.02. The summed E-state index contributed by atoms with van der Waals surface area (Å²) in [6.45, 7) is -0.212. The van der Waals surface area contributed by atoms with Gasteiger partial charge in [-0.3, -0.25) is 14.3 Å². The molecule has 6 nitrogen and oxygen atoms in total. The monoisotopic (exact) mass is 258 g/mol. The third kappa shape index (κ3) is 2.31. The second kappa shape index (κ2) is 4.67. The van der Waals surface area contributed by atoms with Crippen molar-refractivity contribution in [3.8, 4) is 0 Å². The Morgan fingerprint density at radius 2 is 2.18 bits per heavy atom. The molecule has 1 atom stereocenters. The van der Waals surface area contributed by atoms with Crippen LogP contribution in [0.15, 0.2) is 21.9 Å². The van der Waals surface area contributed by atoms with Gasteiger partial charge >= 0.3 is 5.69 Å². The quantitative estimate of drug-likeness (QED) is 0.656. The second-order valence-electron chi connectivity index (χ2n) is 4.30. The standard InChI is InChI=1S/C10H14N2O4S/c13-4-10(5-14)3-8(17-6-10)12-2-1-7(15)11-9(12)16/h1-2,8,13-14H,3-6H2,(H,11,15,16). The molecule has 1 aliphatic heterocycles. The molecule has 0 aliphatic carbocycles. The maximum atomic E-state index is 11.6. The highest BCUT2D eigenvalue weighted by molar-refractivity contribution is 7.99. The molecule has 17 heavy (non-hydrogen) atoms. The van der Waals surface area contributed by atoms with Gasteiger partial charge < -0.3 is 10.2 Å². The summed E-state index contributed by atoms with van der Waals surface area (Å²) < 4.78 is 1.43. The third-order valence-corrected chi connectivity index (χ3v) is 4.58. The number of nitrogens with zero attached hydrogens (tertiary/aromatic N) is 1. The van der Waals surface area contributed by atoms with Crippen LogP contribution in [0, 0.1) is 5.41 Å². The molecule has 2 heterocycles. The van der Waals surface area contributed by atoms with Crippen molar-refractivity contribution in [2.24, 2.45) is 5.41 Å². The maximum absolute atomic E-state index is 11.6. The zero-order valence-corrected chi connectivity index (χ0v) is 9.94. The van der Waals surface area contributed by atoms with Crippen LogP contribution in [0.25, 0.3) is 0 Å². The Kier molecular flexibility index (Phi) is 3.41. The molecule has 0 saturated carbocycles. The zero-order chi connectivity index (χ0) is 12.5. The van der Waals surface area contributed by atoms with E-state index in [0.29, 0.717) is 12.2 Å². The number of aliphatic hydroxyl groups excluding tert-OH is 2. The summed E-state index contributed by atoms with van der Waals surface area (Å²) in [6.07, 6.45) is 1.96. The van der Waals surface area contributed by atoms with E-state index in [1.807, 2.05) is 0 Å². The van der Waals surface area contributed by atoms with Crippen molar-refractivity contribution < 1.29 is 10.2 Å². The van der Waals surface area contributed by atoms with Gasteiger partial charge in [0.15, 0.2) is 0 Å². The van der Waals surface area contributed by atoms with Crippen LogP contribution in [0.1, 0.15) is 11.8 Å². The van der Waals surface area contributed by atoms with Crippen LogP contribution < -0.4 is 11.2 Å². The van der Waals surface area contributed by atoms with Gasteiger partial charge in [-0.1, -0.05) is 0 Å². The van der Waals surface area contributed by atoms with Gasteiger partial charge in [0.05, 0.1) is 18.6 Å². The molecular weight excluding hydrogens is 244 g/mol. The molecular formula is C10H14N2O4S. The Hall–Kier alpha value is -1.05. The lowest BCUT2D eigenvalue weighted by Gasteiger charge is -2.22. The molecule has 1 unspecified atom stereocenters. The average molecular weight is 258 g/mol. The molecule has 0 bridgehead atoms. The number of aromatic nitrogens is 2. The fraction of sp³-hybridized carbons (Fsp3) is 0.600. The first-order valence-electron chi connectivity index (χ1n) is 5.25. The Labute approximate surface area is 101 Å². The van der Waals surface area contributed by atoms with Gasteiger partial charge in [-0.2, -0.15) is 0 Å². The van der Waals surface area contributed by atoms with Gasteiger partial charge in [0.25, 0.3) is 5.56 Å². The lowest BCUT2D eigenvalue weighted by atomic mass is 9.89. The van der Waals surface area contributed by atoms with Crippen LogP contribution in [-0.4, -0.2) is 38.7 Å². The van der Waals surface area contributed by atoms with Crippen molar-refractivity contribution >= 4 is 11.8 Å². The van der Waals surface area contributed by atoms with Gasteiger partial charge in [-0.05, 0) is 6.42 Å². The molecule has 0 amide bonds. The Balaban J connectivity index is 2.26. The summed E-state index contributed by atoms with van der Waals surface area (Å²) in [6, 6.07) is 1.29. The molecule has 1 aromatic rings. The lowest BCUT2D eigenvalue weighted by Crippen LogP contribution is -2.33. The number of thioether (sulfide) groups is 1. The SMILES string of the molecule is O=c1ccn(C2CC(CO)(CO)CS2)c(=O)[nH]1. The zero-order valence-electron chi connectivity index (χ0n) is 9.13. The van der Waals surface area contributed by atoms with Gasteiger partial charge in [-0.15, -0.1) is 11.8 Å². The van der Waals surface area contributed by atoms with E-state index in [2.05, 4.69) is 4.98 Å². The number of hydrogen-bond acceptors (Lipinski definition) is 5. The summed E-state index contributed by atoms with van der Waals surface area (Å²) in [7, 11) is 0. The van der Waals surface area contributed by atoms with Gasteiger partial charge in [0.2, 0.25) is 0 Å². The minimum absolute atomic E-state index is 0.106. The topological polar surface area (TPSA) is 95.3 Å². The molecule has 7 heteroatoms. The summed E-state index contributed by atoms with van der Waals surface area (Å²) in [5, 5.41) is 18.4. The molecule has 2 rings (SSSR count). The van der Waals surface area contributed by atoms with E-state index < -0.39 is 16.7 Å². The number of H-pyrrole nitrogens is 1. The largest absolute Gasteiger partial charge is 0.396 e. The number of nitrogens with one attached hydrogen (secondary N) is 1. The Morgan fingerprint density at radius 1 is 1.47 bits per heavy atom. The summed E-state index contributed by atoms with van der Waals surface area (Å²) in [5.74, 6) is 0.593. The number of aromatic amines is 1. The maximum Gasteiger partial charge on any atom is 0.329 e. The Bertz CT molecular complexity index is 506. The molecule has 0 spiro atoms. The molecule has 94 valence electrons. The minimum Gasteiger partial charge on any atom is -0.396 e. The van der Waals surface area contributed by atoms with Crippen LogP contribution in [0.2, 0.25) is 0 Å². The summed E-state index contributed by atoms with van der Waals surface area (Å²) in [4.78, 5) is 24.7. The van der Waals surface area contributed by atoms with E-state index >= 15 is 0 Å². The van der Waals surface area contributed by atoms with E-state index in [1.165, 1.54) is 28.6 Å². The molecule has 1 saturated heterocycles. The lowest BCUT2D eigenvalue weighted by molar-refractivity contribution is 0.0687. The first-order chi connectivity index (χ1) is 8.10. The van der Waals surface area contributed by atoms with E-state index in [9.17, 15) is 19.8 Å². The predicted molar refractivity (Wildman–Crippen MR) is 64.0 cm³/mol. The van der Waals surface area contributed by atoms with E-state index in [-0.39, 0.29) is 18.6 Å². The van der Waals surface area contributed by atoms with Crippen LogP contribution in [0.4, 0.5) is 0 Å². The van der Waals surface area contributed by atoms with E-state index in [0.717, 1.165) is 0 Å². The molecule has 1 fully saturated rings. The van der Waals surface area contributed by atoms with Crippen molar-refractivity contribution in [3.05, 3.63) is 33.1 Å². The van der Waals surface area contributed by atoms with Crippen LogP contribution in [0.5, 0.6) is 0 Å².